The van der Waals surface area contributed by atoms with Crippen LogP contribution in [0.4, 0.5) is 0 Å². The lowest BCUT2D eigenvalue weighted by atomic mass is 10.0. The van der Waals surface area contributed by atoms with Gasteiger partial charge in [-0.3, -0.25) is 9.78 Å². The van der Waals surface area contributed by atoms with Gasteiger partial charge in [0, 0.05) is 5.56 Å². The highest BCUT2D eigenvalue weighted by Gasteiger charge is 2.44. The summed E-state index contributed by atoms with van der Waals surface area (Å²) in [6, 6.07) is 0. The summed E-state index contributed by atoms with van der Waals surface area (Å²) < 4.78 is 5.24. The minimum absolute atomic E-state index is 0.103. The maximum absolute atomic E-state index is 11.4. The van der Waals surface area contributed by atoms with Crippen LogP contribution in [0.1, 0.15) is 17.4 Å². The van der Waals surface area contributed by atoms with Crippen molar-refractivity contribution in [1.29, 1.82) is 0 Å². The fourth-order valence-electron chi connectivity index (χ4n) is 1.99. The predicted molar refractivity (Wildman–Crippen MR) is 59.1 cm³/mol. The molecule has 8 heteroatoms. The van der Waals surface area contributed by atoms with E-state index >= 15 is 0 Å². The molecule has 4 atom stereocenters. The van der Waals surface area contributed by atoms with E-state index in [-0.39, 0.29) is 11.3 Å². The summed E-state index contributed by atoms with van der Waals surface area (Å²) in [5.74, 6) is 0. The first-order chi connectivity index (χ1) is 8.45. The molecule has 100 valence electrons. The smallest absolute Gasteiger partial charge is 0.325 e. The topological polar surface area (TPSA) is 136 Å². The lowest BCUT2D eigenvalue weighted by Crippen LogP contribution is -2.34. The van der Waals surface area contributed by atoms with Crippen LogP contribution in [0.2, 0.25) is 0 Å². The molecule has 0 aliphatic carbocycles. The fourth-order valence-corrected chi connectivity index (χ4v) is 1.99. The second kappa shape index (κ2) is 4.65. The van der Waals surface area contributed by atoms with E-state index in [4.69, 9.17) is 9.84 Å². The third-order valence-electron chi connectivity index (χ3n) is 3.05. The lowest BCUT2D eigenvalue weighted by molar-refractivity contribution is -0.0242. The van der Waals surface area contributed by atoms with E-state index in [0.29, 0.717) is 0 Å². The van der Waals surface area contributed by atoms with E-state index in [2.05, 4.69) is 4.98 Å². The second-order valence-corrected chi connectivity index (χ2v) is 4.21. The van der Waals surface area contributed by atoms with Gasteiger partial charge in [-0.2, -0.15) is 0 Å². The molecule has 18 heavy (non-hydrogen) atoms. The molecular weight excluding hydrogens is 244 g/mol. The van der Waals surface area contributed by atoms with Crippen molar-refractivity contribution >= 4 is 0 Å². The number of nitrogens with one attached hydrogen (secondary N) is 2. The normalized spacial score (nSPS) is 31.8. The van der Waals surface area contributed by atoms with Crippen molar-refractivity contribution in [2.45, 2.75) is 31.3 Å². The van der Waals surface area contributed by atoms with Gasteiger partial charge in [-0.1, -0.05) is 0 Å². The van der Waals surface area contributed by atoms with Crippen molar-refractivity contribution in [1.82, 2.24) is 9.97 Å². The summed E-state index contributed by atoms with van der Waals surface area (Å²) in [4.78, 5) is 27.0. The Morgan fingerprint density at radius 1 is 1.22 bits per heavy atom. The van der Waals surface area contributed by atoms with E-state index in [1.165, 1.54) is 6.92 Å². The van der Waals surface area contributed by atoms with Crippen molar-refractivity contribution in [2.75, 3.05) is 6.61 Å². The van der Waals surface area contributed by atoms with E-state index in [1.807, 2.05) is 4.98 Å². The SMILES string of the molecule is Cc1c([C@@H]2O[C@H](CO)[C@@H](O)[C@@H]2O)[nH]c(=O)[nH]c1=O. The summed E-state index contributed by atoms with van der Waals surface area (Å²) in [5.41, 5.74) is -1.03. The van der Waals surface area contributed by atoms with Gasteiger partial charge in [0.1, 0.15) is 24.4 Å². The van der Waals surface area contributed by atoms with Crippen molar-refractivity contribution < 1.29 is 20.1 Å². The van der Waals surface area contributed by atoms with Gasteiger partial charge in [0.25, 0.3) is 5.56 Å². The van der Waals surface area contributed by atoms with Crippen molar-refractivity contribution in [3.8, 4) is 0 Å². The summed E-state index contributed by atoms with van der Waals surface area (Å²) in [6.45, 7) is 0.986. The summed E-state index contributed by atoms with van der Waals surface area (Å²) in [6.07, 6.45) is -4.60. The van der Waals surface area contributed by atoms with E-state index < -0.39 is 42.3 Å². The van der Waals surface area contributed by atoms with Gasteiger partial charge in [-0.05, 0) is 6.92 Å². The molecule has 0 amide bonds. The van der Waals surface area contributed by atoms with Crippen LogP contribution in [-0.4, -0.2) is 50.2 Å². The van der Waals surface area contributed by atoms with Gasteiger partial charge in [0.15, 0.2) is 0 Å². The Balaban J connectivity index is 2.45. The van der Waals surface area contributed by atoms with Crippen LogP contribution in [0.25, 0.3) is 0 Å². The zero-order valence-corrected chi connectivity index (χ0v) is 9.58. The first kappa shape index (κ1) is 13.0. The number of aromatic amines is 2. The monoisotopic (exact) mass is 258 g/mol. The standard InChI is InChI=1S/C10H14N2O6/c1-3-5(11-10(17)12-9(3)16)8-7(15)6(14)4(2-13)18-8/h4,6-8,13-15H,2H2,1H3,(H2,11,12,16,17)/t4-,6-,7+,8+/m1/s1. The van der Waals surface area contributed by atoms with Gasteiger partial charge in [-0.25, -0.2) is 4.79 Å². The highest BCUT2D eigenvalue weighted by molar-refractivity contribution is 5.20. The minimum Gasteiger partial charge on any atom is -0.394 e. The molecule has 1 aliphatic heterocycles. The molecule has 1 aromatic rings. The first-order valence-electron chi connectivity index (χ1n) is 5.41. The van der Waals surface area contributed by atoms with Crippen LogP contribution in [0.3, 0.4) is 0 Å². The molecule has 0 radical (unpaired) electrons. The highest BCUT2D eigenvalue weighted by atomic mass is 16.6. The average molecular weight is 258 g/mol. The van der Waals surface area contributed by atoms with Crippen LogP contribution in [-0.2, 0) is 4.74 Å². The van der Waals surface area contributed by atoms with Gasteiger partial charge in [0.2, 0.25) is 0 Å². The average Bonchev–Trinajstić information content (AvgIpc) is 2.61. The number of H-pyrrole nitrogens is 2. The molecule has 2 heterocycles. The van der Waals surface area contributed by atoms with E-state index in [1.54, 1.807) is 0 Å². The number of ether oxygens (including phenoxy) is 1. The highest BCUT2D eigenvalue weighted by Crippen LogP contribution is 2.32. The predicted octanol–water partition coefficient (Wildman–Crippen LogP) is -2.47. The van der Waals surface area contributed by atoms with Gasteiger partial charge in [-0.15, -0.1) is 0 Å². The van der Waals surface area contributed by atoms with Gasteiger partial charge < -0.3 is 25.0 Å². The third-order valence-corrected chi connectivity index (χ3v) is 3.05. The zero-order valence-electron chi connectivity index (χ0n) is 9.58. The molecule has 0 unspecified atom stereocenters. The molecule has 2 rings (SSSR count). The van der Waals surface area contributed by atoms with E-state index in [0.717, 1.165) is 0 Å². The number of rotatable bonds is 2. The number of aliphatic hydroxyl groups excluding tert-OH is 3. The van der Waals surface area contributed by atoms with Gasteiger partial charge in [0.05, 0.1) is 12.3 Å². The van der Waals surface area contributed by atoms with Gasteiger partial charge >= 0.3 is 5.69 Å². The minimum atomic E-state index is -1.32. The lowest BCUT2D eigenvalue weighted by Gasteiger charge is -2.15. The molecule has 1 fully saturated rings. The summed E-state index contributed by atoms with van der Waals surface area (Å²) in [7, 11) is 0. The maximum Gasteiger partial charge on any atom is 0.325 e. The number of aromatic nitrogens is 2. The third kappa shape index (κ3) is 1.99. The number of hydrogen-bond acceptors (Lipinski definition) is 6. The van der Waals surface area contributed by atoms with Crippen LogP contribution >= 0.6 is 0 Å². The zero-order chi connectivity index (χ0) is 13.4. The quantitative estimate of drug-likeness (QED) is 0.398. The first-order valence-corrected chi connectivity index (χ1v) is 5.41. The Bertz CT molecular complexity index is 550. The number of hydrogen-bond donors (Lipinski definition) is 5. The van der Waals surface area contributed by atoms with Crippen molar-refractivity contribution in [2.24, 2.45) is 0 Å². The van der Waals surface area contributed by atoms with Crippen molar-refractivity contribution in [3.05, 3.63) is 32.1 Å². The molecule has 1 aliphatic rings. The molecule has 0 bridgehead atoms. The molecule has 0 saturated carbocycles. The fraction of sp³-hybridized carbons (Fsp3) is 0.600. The Labute approximate surface area is 101 Å². The van der Waals surface area contributed by atoms with Crippen LogP contribution in [0, 0.1) is 6.92 Å². The largest absolute Gasteiger partial charge is 0.394 e. The Hall–Kier alpha value is -1.48. The molecule has 1 saturated heterocycles. The van der Waals surface area contributed by atoms with E-state index in [9.17, 15) is 19.8 Å². The Kier molecular flexibility index (Phi) is 3.35. The summed E-state index contributed by atoms with van der Waals surface area (Å²) in [5, 5.41) is 28.4. The number of aliphatic hydroxyl groups is 3. The van der Waals surface area contributed by atoms with Crippen LogP contribution in [0.5, 0.6) is 0 Å². The Morgan fingerprint density at radius 2 is 1.89 bits per heavy atom. The van der Waals surface area contributed by atoms with Crippen LogP contribution < -0.4 is 11.2 Å². The summed E-state index contributed by atoms with van der Waals surface area (Å²) >= 11 is 0. The van der Waals surface area contributed by atoms with Crippen LogP contribution in [0.15, 0.2) is 9.59 Å². The van der Waals surface area contributed by atoms with Crippen molar-refractivity contribution in [3.63, 3.8) is 0 Å². The maximum atomic E-state index is 11.4. The second-order valence-electron chi connectivity index (χ2n) is 4.21. The molecule has 0 spiro atoms. The Morgan fingerprint density at radius 3 is 2.44 bits per heavy atom. The molecule has 0 aromatic carbocycles. The molecule has 1 aromatic heterocycles. The molecule has 8 nitrogen and oxygen atoms in total. The molecule has 5 N–H and O–H groups in total. The molecular formula is C10H14N2O6.